The van der Waals surface area contributed by atoms with Crippen LogP contribution in [0, 0.1) is 5.92 Å². The molecule has 1 unspecified atom stereocenters. The van der Waals surface area contributed by atoms with Gasteiger partial charge in [-0.25, -0.2) is 4.79 Å². The third-order valence-electron chi connectivity index (χ3n) is 6.56. The molecule has 6 nitrogen and oxygen atoms in total. The zero-order chi connectivity index (χ0) is 28.4. The molecule has 0 N–H and O–H groups in total. The molecule has 0 radical (unpaired) electrons. The molecule has 3 aromatic rings. The molecule has 0 aliphatic heterocycles. The van der Waals surface area contributed by atoms with Crippen molar-refractivity contribution in [3.63, 3.8) is 0 Å². The number of esters is 2. The molecule has 6 heteroatoms. The minimum atomic E-state index is -0.334. The van der Waals surface area contributed by atoms with E-state index in [2.05, 4.69) is 24.3 Å². The Morgan fingerprint density at radius 2 is 1.38 bits per heavy atom. The summed E-state index contributed by atoms with van der Waals surface area (Å²) in [6.07, 6.45) is 10.1. The van der Waals surface area contributed by atoms with Crippen LogP contribution in [0.4, 0.5) is 0 Å². The van der Waals surface area contributed by atoms with Gasteiger partial charge in [-0.2, -0.15) is 0 Å². The fourth-order valence-corrected chi connectivity index (χ4v) is 4.32. The van der Waals surface area contributed by atoms with Crippen molar-refractivity contribution in [3.05, 3.63) is 108 Å². The van der Waals surface area contributed by atoms with E-state index in [1.807, 2.05) is 54.6 Å². The maximum Gasteiger partial charge on any atom is 0.337 e. The van der Waals surface area contributed by atoms with Crippen molar-refractivity contribution in [2.45, 2.75) is 44.9 Å². The van der Waals surface area contributed by atoms with Crippen LogP contribution in [0.3, 0.4) is 0 Å². The largest absolute Gasteiger partial charge is 0.493 e. The second kappa shape index (κ2) is 17.5. The number of benzene rings is 3. The summed E-state index contributed by atoms with van der Waals surface area (Å²) in [6.45, 7) is 1.22. The monoisotopic (exact) mass is 544 g/mol. The molecule has 0 spiro atoms. The predicted molar refractivity (Wildman–Crippen MR) is 157 cm³/mol. The average molecular weight is 545 g/mol. The third kappa shape index (κ3) is 11.4. The first-order chi connectivity index (χ1) is 19.6. The smallest absolute Gasteiger partial charge is 0.337 e. The molecule has 0 bridgehead atoms. The van der Waals surface area contributed by atoms with E-state index in [-0.39, 0.29) is 11.9 Å². The Kier molecular flexibility index (Phi) is 13.3. The van der Waals surface area contributed by atoms with Gasteiger partial charge in [0.25, 0.3) is 0 Å². The van der Waals surface area contributed by atoms with Crippen molar-refractivity contribution in [1.82, 2.24) is 0 Å². The number of allylic oxidation sites excluding steroid dienone is 2. The highest BCUT2D eigenvalue weighted by Gasteiger charge is 2.10. The van der Waals surface area contributed by atoms with Gasteiger partial charge in [-0.15, -0.1) is 0 Å². The number of rotatable bonds is 17. The van der Waals surface area contributed by atoms with Gasteiger partial charge in [-0.05, 0) is 79.1 Å². The highest BCUT2D eigenvalue weighted by atomic mass is 16.5. The topological polar surface area (TPSA) is 71.1 Å². The number of hydrogen-bond donors (Lipinski definition) is 0. The van der Waals surface area contributed by atoms with Gasteiger partial charge >= 0.3 is 11.9 Å². The standard InChI is InChI=1S/C34H40O6/c1-37-33(35)15-7-6-10-28(26-29-16-20-30(21-17-29)34(36)38-2)12-8-11-27-18-22-32(23-19-27)40-25-9-24-39-31-13-4-3-5-14-31/h3-5,8,12-14,16-23,28H,6-7,9-11,15,24-26H2,1-2H3. The van der Waals surface area contributed by atoms with E-state index in [1.54, 1.807) is 12.1 Å². The highest BCUT2D eigenvalue weighted by Crippen LogP contribution is 2.20. The molecule has 0 saturated heterocycles. The van der Waals surface area contributed by atoms with E-state index in [0.717, 1.165) is 55.6 Å². The number of carbonyl (C=O) groups is 2. The maximum absolute atomic E-state index is 11.7. The molecule has 0 heterocycles. The average Bonchev–Trinajstić information content (AvgIpc) is 3.00. The lowest BCUT2D eigenvalue weighted by Gasteiger charge is -2.13. The summed E-state index contributed by atoms with van der Waals surface area (Å²) in [7, 11) is 2.81. The molecule has 0 amide bonds. The maximum atomic E-state index is 11.7. The van der Waals surface area contributed by atoms with Crippen LogP contribution in [0.25, 0.3) is 0 Å². The van der Waals surface area contributed by atoms with Gasteiger partial charge < -0.3 is 18.9 Å². The number of carbonyl (C=O) groups excluding carboxylic acids is 2. The lowest BCUT2D eigenvalue weighted by molar-refractivity contribution is -0.140. The number of unbranched alkanes of at least 4 members (excludes halogenated alkanes) is 1. The van der Waals surface area contributed by atoms with Crippen molar-refractivity contribution >= 4 is 11.9 Å². The van der Waals surface area contributed by atoms with Crippen molar-refractivity contribution in [2.24, 2.45) is 5.92 Å². The third-order valence-corrected chi connectivity index (χ3v) is 6.56. The van der Waals surface area contributed by atoms with Crippen LogP contribution in [0.15, 0.2) is 91.0 Å². The van der Waals surface area contributed by atoms with E-state index in [1.165, 1.54) is 19.8 Å². The van der Waals surface area contributed by atoms with Gasteiger partial charge in [0, 0.05) is 12.8 Å². The quantitative estimate of drug-likeness (QED) is 0.103. The van der Waals surface area contributed by atoms with Gasteiger partial charge in [-0.1, -0.05) is 61.0 Å². The first-order valence-electron chi connectivity index (χ1n) is 13.9. The van der Waals surface area contributed by atoms with Gasteiger partial charge in [0.05, 0.1) is 33.0 Å². The number of hydrogen-bond acceptors (Lipinski definition) is 6. The molecule has 0 aliphatic carbocycles. The van der Waals surface area contributed by atoms with Crippen LogP contribution >= 0.6 is 0 Å². The molecule has 3 aromatic carbocycles. The lowest BCUT2D eigenvalue weighted by atomic mass is 9.92. The van der Waals surface area contributed by atoms with Crippen molar-refractivity contribution < 1.29 is 28.5 Å². The highest BCUT2D eigenvalue weighted by molar-refractivity contribution is 5.89. The normalized spacial score (nSPS) is 11.7. The molecule has 0 saturated carbocycles. The second-order valence-corrected chi connectivity index (χ2v) is 9.61. The molecule has 0 aliphatic rings. The minimum absolute atomic E-state index is 0.168. The summed E-state index contributed by atoms with van der Waals surface area (Å²) in [4.78, 5) is 23.2. The fraction of sp³-hybridized carbons (Fsp3) is 0.353. The molecular weight excluding hydrogens is 504 g/mol. The van der Waals surface area contributed by atoms with Crippen molar-refractivity contribution in [1.29, 1.82) is 0 Å². The molecule has 40 heavy (non-hydrogen) atoms. The van der Waals surface area contributed by atoms with E-state index in [9.17, 15) is 9.59 Å². The molecule has 3 rings (SSSR count). The summed E-state index contributed by atoms with van der Waals surface area (Å²) in [6, 6.07) is 25.6. The molecule has 0 fully saturated rings. The van der Waals surface area contributed by atoms with E-state index < -0.39 is 0 Å². The Bertz CT molecular complexity index is 1170. The van der Waals surface area contributed by atoms with E-state index >= 15 is 0 Å². The second-order valence-electron chi connectivity index (χ2n) is 9.61. The summed E-state index contributed by atoms with van der Waals surface area (Å²) >= 11 is 0. The minimum Gasteiger partial charge on any atom is -0.493 e. The van der Waals surface area contributed by atoms with Crippen LogP contribution < -0.4 is 9.47 Å². The van der Waals surface area contributed by atoms with Crippen LogP contribution in [-0.4, -0.2) is 39.4 Å². The van der Waals surface area contributed by atoms with E-state index in [0.29, 0.717) is 31.1 Å². The van der Waals surface area contributed by atoms with Gasteiger partial charge in [-0.3, -0.25) is 4.79 Å². The first-order valence-corrected chi connectivity index (χ1v) is 13.9. The van der Waals surface area contributed by atoms with Crippen LogP contribution in [0.1, 0.15) is 53.6 Å². The van der Waals surface area contributed by atoms with Crippen LogP contribution in [-0.2, 0) is 27.1 Å². The van der Waals surface area contributed by atoms with Crippen molar-refractivity contribution in [2.75, 3.05) is 27.4 Å². The Labute approximate surface area is 237 Å². The lowest BCUT2D eigenvalue weighted by Crippen LogP contribution is -2.05. The van der Waals surface area contributed by atoms with Crippen LogP contribution in [0.2, 0.25) is 0 Å². The zero-order valence-corrected chi connectivity index (χ0v) is 23.6. The Morgan fingerprint density at radius 1 is 0.725 bits per heavy atom. The summed E-state index contributed by atoms with van der Waals surface area (Å²) in [5.41, 5.74) is 2.91. The Balaban J connectivity index is 1.47. The predicted octanol–water partition coefficient (Wildman–Crippen LogP) is 7.01. The molecular formula is C34H40O6. The Hall–Kier alpha value is -4.06. The van der Waals surface area contributed by atoms with Gasteiger partial charge in [0.1, 0.15) is 11.5 Å². The fourth-order valence-electron chi connectivity index (χ4n) is 4.32. The summed E-state index contributed by atoms with van der Waals surface area (Å²) < 4.78 is 21.1. The van der Waals surface area contributed by atoms with Crippen molar-refractivity contribution in [3.8, 4) is 11.5 Å². The Morgan fingerprint density at radius 3 is 2.02 bits per heavy atom. The van der Waals surface area contributed by atoms with Gasteiger partial charge in [0.2, 0.25) is 0 Å². The van der Waals surface area contributed by atoms with Crippen LogP contribution in [0.5, 0.6) is 11.5 Å². The summed E-state index contributed by atoms with van der Waals surface area (Å²) in [5.74, 6) is 1.55. The summed E-state index contributed by atoms with van der Waals surface area (Å²) in [5, 5.41) is 0. The number of para-hydroxylation sites is 1. The number of methoxy groups -OCH3 is 2. The first kappa shape index (κ1) is 30.5. The SMILES string of the molecule is COC(=O)CCCCC(C=CCc1ccc(OCCCOc2ccccc2)cc1)Cc1ccc(C(=O)OC)cc1. The molecule has 212 valence electrons. The molecule has 1 atom stereocenters. The van der Waals surface area contributed by atoms with E-state index in [4.69, 9.17) is 18.9 Å². The number of ether oxygens (including phenoxy) is 4. The van der Waals surface area contributed by atoms with Gasteiger partial charge in [0.15, 0.2) is 0 Å². The zero-order valence-electron chi connectivity index (χ0n) is 23.6. The molecule has 0 aromatic heterocycles.